The van der Waals surface area contributed by atoms with Crippen molar-refractivity contribution in [2.45, 2.75) is 31.5 Å². The van der Waals surface area contributed by atoms with Crippen LogP contribution < -0.4 is 10.0 Å². The van der Waals surface area contributed by atoms with Crippen molar-refractivity contribution < 1.29 is 8.42 Å². The third-order valence-corrected chi connectivity index (χ3v) is 3.99. The Hall–Kier alpha value is -1.86. The van der Waals surface area contributed by atoms with Gasteiger partial charge in [0, 0.05) is 18.3 Å². The van der Waals surface area contributed by atoms with Crippen molar-refractivity contribution in [3.63, 3.8) is 0 Å². The van der Waals surface area contributed by atoms with Crippen LogP contribution in [0.5, 0.6) is 0 Å². The summed E-state index contributed by atoms with van der Waals surface area (Å²) >= 11 is 0. The van der Waals surface area contributed by atoms with Gasteiger partial charge in [-0.2, -0.15) is 8.42 Å². The fourth-order valence-electron chi connectivity index (χ4n) is 1.61. The van der Waals surface area contributed by atoms with Crippen LogP contribution in [0.25, 0.3) is 0 Å². The lowest BCUT2D eigenvalue weighted by atomic mass is 10.2. The van der Waals surface area contributed by atoms with E-state index >= 15 is 0 Å². The molecule has 0 unspecified atom stereocenters. The van der Waals surface area contributed by atoms with Gasteiger partial charge in [-0.3, -0.25) is 4.72 Å². The van der Waals surface area contributed by atoms with Gasteiger partial charge in [-0.15, -0.1) is 0 Å². The van der Waals surface area contributed by atoms with Gasteiger partial charge in [0.1, 0.15) is 0 Å². The van der Waals surface area contributed by atoms with E-state index < -0.39 is 10.0 Å². The molecule has 0 aliphatic heterocycles. The van der Waals surface area contributed by atoms with Crippen LogP contribution >= 0.6 is 0 Å². The lowest BCUT2D eigenvalue weighted by Crippen LogP contribution is -2.21. The highest BCUT2D eigenvalue weighted by Gasteiger charge is 2.15. The Balaban J connectivity index is 2.04. The van der Waals surface area contributed by atoms with Gasteiger partial charge in [0.25, 0.3) is 10.0 Å². The summed E-state index contributed by atoms with van der Waals surface area (Å²) in [5.74, 6) is 0. The van der Waals surface area contributed by atoms with Crippen molar-refractivity contribution >= 4 is 15.7 Å². The Morgan fingerprint density at radius 2 is 1.95 bits per heavy atom. The number of H-pyrrole nitrogens is 1. The monoisotopic (exact) mass is 294 g/mol. The average Bonchev–Trinajstić information content (AvgIpc) is 2.92. The van der Waals surface area contributed by atoms with E-state index in [-0.39, 0.29) is 5.03 Å². The molecule has 0 fully saturated rings. The van der Waals surface area contributed by atoms with Crippen LogP contribution in [0, 0.1) is 0 Å². The van der Waals surface area contributed by atoms with Gasteiger partial charge in [-0.1, -0.05) is 26.0 Å². The van der Waals surface area contributed by atoms with Crippen molar-refractivity contribution in [1.29, 1.82) is 0 Å². The average molecular weight is 294 g/mol. The molecule has 2 rings (SSSR count). The van der Waals surface area contributed by atoms with Crippen LogP contribution in [0.3, 0.4) is 0 Å². The van der Waals surface area contributed by atoms with Gasteiger partial charge in [-0.25, -0.2) is 4.98 Å². The van der Waals surface area contributed by atoms with E-state index in [1.165, 1.54) is 12.5 Å². The highest BCUT2D eigenvalue weighted by molar-refractivity contribution is 7.92. The molecule has 20 heavy (non-hydrogen) atoms. The zero-order valence-corrected chi connectivity index (χ0v) is 12.2. The maximum Gasteiger partial charge on any atom is 0.278 e. The highest BCUT2D eigenvalue weighted by Crippen LogP contribution is 2.14. The SMILES string of the molecule is CC(C)NCc1ccc(NS(=O)(=O)c2cnc[nH]2)cc1. The molecule has 0 spiro atoms. The Morgan fingerprint density at radius 1 is 1.25 bits per heavy atom. The molecule has 1 aromatic carbocycles. The molecule has 6 nitrogen and oxygen atoms in total. The Kier molecular flexibility index (Phi) is 4.41. The molecule has 0 saturated heterocycles. The topological polar surface area (TPSA) is 86.9 Å². The molecule has 0 radical (unpaired) electrons. The van der Waals surface area contributed by atoms with Gasteiger partial charge in [-0.05, 0) is 17.7 Å². The maximum atomic E-state index is 12.0. The number of aromatic amines is 1. The molecule has 0 aliphatic carbocycles. The highest BCUT2D eigenvalue weighted by atomic mass is 32.2. The lowest BCUT2D eigenvalue weighted by molar-refractivity contribution is 0.589. The molecule has 0 aliphatic rings. The van der Waals surface area contributed by atoms with E-state index in [0.717, 1.165) is 12.1 Å². The smallest absolute Gasteiger partial charge is 0.278 e. The number of benzene rings is 1. The standard InChI is InChI=1S/C13H18N4O2S/c1-10(2)15-7-11-3-5-12(6-4-11)17-20(18,19)13-8-14-9-16-13/h3-6,8-10,15,17H,7H2,1-2H3,(H,14,16). The first kappa shape index (κ1) is 14.5. The van der Waals surface area contributed by atoms with Gasteiger partial charge in [0.05, 0.1) is 12.5 Å². The van der Waals surface area contributed by atoms with Crippen LogP contribution in [0.15, 0.2) is 41.8 Å². The molecule has 3 N–H and O–H groups in total. The normalized spacial score (nSPS) is 11.8. The third-order valence-electron chi connectivity index (χ3n) is 2.68. The summed E-state index contributed by atoms with van der Waals surface area (Å²) in [7, 11) is -3.59. The number of imidazole rings is 1. The van der Waals surface area contributed by atoms with Gasteiger partial charge >= 0.3 is 0 Å². The number of anilines is 1. The second kappa shape index (κ2) is 6.06. The number of nitrogens with zero attached hydrogens (tertiary/aromatic N) is 1. The van der Waals surface area contributed by atoms with Gasteiger partial charge in [0.2, 0.25) is 0 Å². The minimum atomic E-state index is -3.59. The van der Waals surface area contributed by atoms with E-state index in [9.17, 15) is 8.42 Å². The molecule has 0 bridgehead atoms. The number of hydrogen-bond donors (Lipinski definition) is 3. The molecule has 108 valence electrons. The first-order chi connectivity index (χ1) is 9.47. The molecule has 0 saturated carbocycles. The summed E-state index contributed by atoms with van der Waals surface area (Å²) in [6, 6.07) is 7.67. The summed E-state index contributed by atoms with van der Waals surface area (Å²) < 4.78 is 26.4. The van der Waals surface area contributed by atoms with Gasteiger partial charge < -0.3 is 10.3 Å². The predicted octanol–water partition coefficient (Wildman–Crippen LogP) is 1.71. The van der Waals surface area contributed by atoms with E-state index in [4.69, 9.17) is 0 Å². The lowest BCUT2D eigenvalue weighted by Gasteiger charge is -2.09. The molecule has 0 amide bonds. The Morgan fingerprint density at radius 3 is 2.50 bits per heavy atom. The summed E-state index contributed by atoms with van der Waals surface area (Å²) in [6.45, 7) is 4.91. The number of sulfonamides is 1. The molecular weight excluding hydrogens is 276 g/mol. The second-order valence-corrected chi connectivity index (χ2v) is 6.40. The van der Waals surface area contributed by atoms with Crippen LogP contribution in [-0.2, 0) is 16.6 Å². The van der Waals surface area contributed by atoms with Crippen LogP contribution in [-0.4, -0.2) is 24.4 Å². The fraction of sp³-hybridized carbons (Fsp3) is 0.308. The van der Waals surface area contributed by atoms with Crippen LogP contribution in [0.2, 0.25) is 0 Å². The second-order valence-electron chi connectivity index (χ2n) is 4.75. The van der Waals surface area contributed by atoms with Crippen molar-refractivity contribution in [3.05, 3.63) is 42.4 Å². The molecule has 0 atom stereocenters. The van der Waals surface area contributed by atoms with Gasteiger partial charge in [0.15, 0.2) is 5.03 Å². The van der Waals surface area contributed by atoms with E-state index in [2.05, 4.69) is 33.9 Å². The fourth-order valence-corrected chi connectivity index (χ4v) is 2.58. The first-order valence-electron chi connectivity index (χ1n) is 6.31. The predicted molar refractivity (Wildman–Crippen MR) is 77.8 cm³/mol. The number of aromatic nitrogens is 2. The van der Waals surface area contributed by atoms with Crippen molar-refractivity contribution in [3.8, 4) is 0 Å². The van der Waals surface area contributed by atoms with Crippen molar-refractivity contribution in [2.24, 2.45) is 0 Å². The summed E-state index contributed by atoms with van der Waals surface area (Å²) in [4.78, 5) is 6.27. The maximum absolute atomic E-state index is 12.0. The van der Waals surface area contributed by atoms with E-state index in [1.807, 2.05) is 12.1 Å². The minimum Gasteiger partial charge on any atom is -0.334 e. The summed E-state index contributed by atoms with van der Waals surface area (Å²) in [6.07, 6.45) is 2.60. The van der Waals surface area contributed by atoms with Crippen molar-refractivity contribution in [2.75, 3.05) is 4.72 Å². The molecule has 1 aromatic heterocycles. The quantitative estimate of drug-likeness (QED) is 0.757. The summed E-state index contributed by atoms with van der Waals surface area (Å²) in [5, 5.41) is 3.34. The van der Waals surface area contributed by atoms with Crippen LogP contribution in [0.1, 0.15) is 19.4 Å². The number of nitrogens with one attached hydrogen (secondary N) is 3. The largest absolute Gasteiger partial charge is 0.334 e. The third kappa shape index (κ3) is 3.82. The van der Waals surface area contributed by atoms with Crippen LogP contribution in [0.4, 0.5) is 5.69 Å². The molecule has 7 heteroatoms. The van der Waals surface area contributed by atoms with E-state index in [1.54, 1.807) is 12.1 Å². The Labute approximate surface area is 118 Å². The molecule has 1 heterocycles. The number of rotatable bonds is 6. The van der Waals surface area contributed by atoms with Crippen molar-refractivity contribution in [1.82, 2.24) is 15.3 Å². The van der Waals surface area contributed by atoms with E-state index in [0.29, 0.717) is 11.7 Å². The zero-order valence-electron chi connectivity index (χ0n) is 11.4. The number of hydrogen-bond acceptors (Lipinski definition) is 4. The summed E-state index contributed by atoms with van der Waals surface area (Å²) in [5.41, 5.74) is 1.62. The Bertz CT molecular complexity index is 634. The molecule has 2 aromatic rings. The minimum absolute atomic E-state index is 0.0445. The molecular formula is C13H18N4O2S. The zero-order chi connectivity index (χ0) is 14.6. The first-order valence-corrected chi connectivity index (χ1v) is 7.79.